The second kappa shape index (κ2) is 7.79. The number of hydrogen-bond acceptors (Lipinski definition) is 4. The van der Waals surface area contributed by atoms with Crippen LogP contribution in [0, 0.1) is 6.92 Å². The molecule has 3 aliphatic heterocycles. The van der Waals surface area contributed by atoms with Crippen LogP contribution >= 0.6 is 0 Å². The molecule has 0 spiro atoms. The lowest BCUT2D eigenvalue weighted by Gasteiger charge is -2.54. The number of rotatable bonds is 5. The van der Waals surface area contributed by atoms with E-state index in [2.05, 4.69) is 41.7 Å². The third-order valence-electron chi connectivity index (χ3n) is 6.53. The van der Waals surface area contributed by atoms with Gasteiger partial charge in [0.15, 0.2) is 0 Å². The molecule has 5 nitrogen and oxygen atoms in total. The zero-order valence-electron chi connectivity index (χ0n) is 17.7. The molecule has 1 N–H and O–H groups in total. The Bertz CT molecular complexity index is 1180. The molecule has 3 saturated heterocycles. The first-order chi connectivity index (χ1) is 15.0. The lowest BCUT2D eigenvalue weighted by atomic mass is 9.75. The summed E-state index contributed by atoms with van der Waals surface area (Å²) in [6.07, 6.45) is 0. The van der Waals surface area contributed by atoms with Crippen molar-refractivity contribution in [3.63, 3.8) is 0 Å². The summed E-state index contributed by atoms with van der Waals surface area (Å²) in [4.78, 5) is 0.414. The van der Waals surface area contributed by atoms with Crippen molar-refractivity contribution in [1.82, 2.24) is 9.62 Å². The fourth-order valence-corrected chi connectivity index (χ4v) is 6.53. The first kappa shape index (κ1) is 20.2. The summed E-state index contributed by atoms with van der Waals surface area (Å²) < 4.78 is 33.2. The molecule has 3 aromatic carbocycles. The molecule has 31 heavy (non-hydrogen) atoms. The van der Waals surface area contributed by atoms with Crippen LogP contribution in [0.15, 0.2) is 77.7 Å². The summed E-state index contributed by atoms with van der Waals surface area (Å²) in [7, 11) is -1.80. The molecule has 6 rings (SSSR count). The number of benzene rings is 3. The minimum Gasteiger partial charge on any atom is -0.497 e. The Morgan fingerprint density at radius 1 is 0.871 bits per heavy atom. The Morgan fingerprint density at radius 2 is 1.45 bits per heavy atom. The number of ether oxygens (including phenoxy) is 1. The van der Waals surface area contributed by atoms with Gasteiger partial charge in [0.05, 0.1) is 12.0 Å². The Labute approximate surface area is 183 Å². The van der Waals surface area contributed by atoms with Gasteiger partial charge in [-0.3, -0.25) is 0 Å². The highest BCUT2D eigenvalue weighted by Gasteiger charge is 2.49. The average molecular weight is 435 g/mol. The van der Waals surface area contributed by atoms with Crippen molar-refractivity contribution >= 4 is 10.0 Å². The Hall–Kier alpha value is -2.67. The average Bonchev–Trinajstić information content (AvgIpc) is 2.80. The van der Waals surface area contributed by atoms with Crippen LogP contribution in [0.3, 0.4) is 0 Å². The molecule has 3 fully saturated rings. The van der Waals surface area contributed by atoms with Crippen LogP contribution in [0.1, 0.15) is 17.0 Å². The second-order valence-corrected chi connectivity index (χ2v) is 10.2. The van der Waals surface area contributed by atoms with Crippen LogP contribution in [0.25, 0.3) is 11.1 Å². The van der Waals surface area contributed by atoms with E-state index in [9.17, 15) is 8.42 Å². The van der Waals surface area contributed by atoms with E-state index in [0.29, 0.717) is 23.9 Å². The van der Waals surface area contributed by atoms with Gasteiger partial charge in [0.2, 0.25) is 10.0 Å². The van der Waals surface area contributed by atoms with Crippen LogP contribution in [-0.2, 0) is 10.0 Å². The number of piperazine rings is 1. The van der Waals surface area contributed by atoms with Gasteiger partial charge in [-0.05, 0) is 47.4 Å². The summed E-state index contributed by atoms with van der Waals surface area (Å²) in [5.74, 6) is 1.19. The van der Waals surface area contributed by atoms with Gasteiger partial charge in [-0.2, -0.15) is 4.31 Å². The van der Waals surface area contributed by atoms with E-state index in [-0.39, 0.29) is 12.1 Å². The molecule has 0 radical (unpaired) electrons. The van der Waals surface area contributed by atoms with Crippen molar-refractivity contribution in [2.24, 2.45) is 0 Å². The minimum absolute atomic E-state index is 0.143. The molecule has 160 valence electrons. The molecule has 0 aliphatic carbocycles. The van der Waals surface area contributed by atoms with Gasteiger partial charge in [-0.25, -0.2) is 8.42 Å². The number of hydrogen-bond donors (Lipinski definition) is 1. The highest BCUT2D eigenvalue weighted by atomic mass is 32.2. The molecule has 3 atom stereocenters. The van der Waals surface area contributed by atoms with Crippen LogP contribution in [0.4, 0.5) is 0 Å². The first-order valence-electron chi connectivity index (χ1n) is 10.5. The van der Waals surface area contributed by atoms with E-state index in [1.54, 1.807) is 23.5 Å². The largest absolute Gasteiger partial charge is 0.497 e. The summed E-state index contributed by atoms with van der Waals surface area (Å²) in [5, 5.41) is 3.53. The molecule has 0 aromatic heterocycles. The molecule has 3 aliphatic rings. The summed E-state index contributed by atoms with van der Waals surface area (Å²) in [6, 6.07) is 24.2. The monoisotopic (exact) mass is 434 g/mol. The van der Waals surface area contributed by atoms with Crippen molar-refractivity contribution < 1.29 is 13.2 Å². The Kier molecular flexibility index (Phi) is 5.08. The number of sulfonamides is 1. The van der Waals surface area contributed by atoms with Gasteiger partial charge in [0.25, 0.3) is 0 Å². The third kappa shape index (κ3) is 3.55. The highest BCUT2D eigenvalue weighted by Crippen LogP contribution is 2.39. The quantitative estimate of drug-likeness (QED) is 0.664. The maximum Gasteiger partial charge on any atom is 0.243 e. The normalized spacial score (nSPS) is 23.2. The molecule has 3 heterocycles. The van der Waals surface area contributed by atoms with Crippen molar-refractivity contribution in [3.8, 4) is 16.9 Å². The SMILES string of the molecule is COc1ccc(-c2ccc(C3[C@@H]4CN(S(=O)(=O)c5ccccc5C)C[C@H]3N4)cc2)cc1. The molecular formula is C25H26N2O3S. The predicted octanol–water partition coefficient (Wildman–Crippen LogP) is 3.80. The van der Waals surface area contributed by atoms with E-state index in [0.717, 1.165) is 22.4 Å². The molecule has 1 unspecified atom stereocenters. The maximum absolute atomic E-state index is 13.2. The number of aryl methyl sites for hydroxylation is 1. The summed E-state index contributed by atoms with van der Waals surface area (Å²) in [6.45, 7) is 2.85. The van der Waals surface area contributed by atoms with E-state index < -0.39 is 10.0 Å². The van der Waals surface area contributed by atoms with Crippen molar-refractivity contribution in [1.29, 1.82) is 0 Å². The molecule has 3 aromatic rings. The van der Waals surface area contributed by atoms with Crippen LogP contribution in [0.2, 0.25) is 0 Å². The fraction of sp³-hybridized carbons (Fsp3) is 0.280. The summed E-state index contributed by atoms with van der Waals surface area (Å²) >= 11 is 0. The molecule has 6 heteroatoms. The number of nitrogens with zero attached hydrogens (tertiary/aromatic N) is 1. The zero-order valence-corrected chi connectivity index (χ0v) is 18.5. The molecule has 0 saturated carbocycles. The fourth-order valence-electron chi connectivity index (χ4n) is 4.82. The van der Waals surface area contributed by atoms with Crippen LogP contribution in [0.5, 0.6) is 5.75 Å². The predicted molar refractivity (Wildman–Crippen MR) is 122 cm³/mol. The molecular weight excluding hydrogens is 408 g/mol. The van der Waals surface area contributed by atoms with Gasteiger partial charge >= 0.3 is 0 Å². The van der Waals surface area contributed by atoms with Gasteiger partial charge < -0.3 is 10.1 Å². The highest BCUT2D eigenvalue weighted by molar-refractivity contribution is 7.89. The second-order valence-electron chi connectivity index (χ2n) is 8.34. The van der Waals surface area contributed by atoms with Gasteiger partial charge in [-0.15, -0.1) is 0 Å². The van der Waals surface area contributed by atoms with Crippen molar-refractivity contribution in [2.45, 2.75) is 29.8 Å². The number of fused-ring (bicyclic) bond motifs is 2. The first-order valence-corrected chi connectivity index (χ1v) is 12.0. The Balaban J connectivity index is 1.31. The van der Waals surface area contributed by atoms with Crippen LogP contribution in [-0.4, -0.2) is 45.0 Å². The van der Waals surface area contributed by atoms with Gasteiger partial charge in [0.1, 0.15) is 5.75 Å². The minimum atomic E-state index is -3.47. The smallest absolute Gasteiger partial charge is 0.243 e. The topological polar surface area (TPSA) is 58.6 Å². The molecule has 2 bridgehead atoms. The van der Waals surface area contributed by atoms with E-state index in [1.165, 1.54) is 5.56 Å². The van der Waals surface area contributed by atoms with Gasteiger partial charge in [0, 0.05) is 31.1 Å². The summed E-state index contributed by atoms with van der Waals surface area (Å²) in [5.41, 5.74) is 4.36. The lowest BCUT2D eigenvalue weighted by Crippen LogP contribution is -2.72. The van der Waals surface area contributed by atoms with Crippen molar-refractivity contribution in [3.05, 3.63) is 83.9 Å². The van der Waals surface area contributed by atoms with Crippen LogP contribution < -0.4 is 10.1 Å². The Morgan fingerprint density at radius 3 is 2.03 bits per heavy atom. The van der Waals surface area contributed by atoms with E-state index in [4.69, 9.17) is 4.74 Å². The number of methoxy groups -OCH3 is 1. The number of nitrogens with one attached hydrogen (secondary N) is 1. The van der Waals surface area contributed by atoms with E-state index >= 15 is 0 Å². The lowest BCUT2D eigenvalue weighted by molar-refractivity contribution is 0.102. The van der Waals surface area contributed by atoms with Gasteiger partial charge in [-0.1, -0.05) is 54.6 Å². The maximum atomic E-state index is 13.2. The van der Waals surface area contributed by atoms with Crippen molar-refractivity contribution in [2.75, 3.05) is 20.2 Å². The third-order valence-corrected chi connectivity index (χ3v) is 8.52. The zero-order chi connectivity index (χ0) is 21.6. The van der Waals surface area contributed by atoms with E-state index in [1.807, 2.05) is 31.2 Å². The molecule has 0 amide bonds. The number of piperidine rings is 1. The standard InChI is InChI=1S/C25H26N2O3S/c1-17-5-3-4-6-24(17)31(28,29)27-15-22-25(23(16-27)26-22)20-9-7-18(8-10-20)19-11-13-21(30-2)14-12-19/h3-14,22-23,25-26H,15-16H2,1-2H3/t22-,23+,25?.